The second-order valence-electron chi connectivity index (χ2n) is 8.42. The molecule has 2 heterocycles. The van der Waals surface area contributed by atoms with Crippen LogP contribution in [-0.4, -0.2) is 39.4 Å². The Morgan fingerprint density at radius 3 is 2.47 bits per heavy atom. The van der Waals surface area contributed by atoms with E-state index in [-0.39, 0.29) is 11.8 Å². The predicted molar refractivity (Wildman–Crippen MR) is 128 cm³/mol. The van der Waals surface area contributed by atoms with E-state index in [1.165, 1.54) is 0 Å². The number of imidazole rings is 1. The number of benzene rings is 2. The molecular weight excluding hydrogens is 424 g/mol. The van der Waals surface area contributed by atoms with Gasteiger partial charge in [-0.15, -0.1) is 0 Å². The first kappa shape index (κ1) is 22.3. The summed E-state index contributed by atoms with van der Waals surface area (Å²) in [5.74, 6) is 0.316. The van der Waals surface area contributed by atoms with Crippen LogP contribution in [-0.2, 0) is 18.4 Å². The largest absolute Gasteiger partial charge is 0.332 e. The zero-order valence-corrected chi connectivity index (χ0v) is 19.4. The number of carbonyl (C=O) groups excluding carboxylic acids is 2. The SMILES string of the molecule is CC(=O)N1CCCCCCCN(C(=O)c2nc3cc(Cl)ccc3n2C)Cc2ccccc21. The minimum absolute atomic E-state index is 0.0274. The van der Waals surface area contributed by atoms with Gasteiger partial charge in [0.05, 0.1) is 11.0 Å². The molecule has 1 aliphatic rings. The average Bonchev–Trinajstić information content (AvgIpc) is 3.09. The fraction of sp³-hybridized carbons (Fsp3) is 0.400. The number of rotatable bonds is 1. The third-order valence-electron chi connectivity index (χ3n) is 6.15. The minimum Gasteiger partial charge on any atom is -0.332 e. The van der Waals surface area contributed by atoms with Crippen molar-refractivity contribution in [2.75, 3.05) is 18.0 Å². The average molecular weight is 453 g/mol. The van der Waals surface area contributed by atoms with Gasteiger partial charge >= 0.3 is 0 Å². The summed E-state index contributed by atoms with van der Waals surface area (Å²) in [6.07, 6.45) is 5.16. The molecule has 0 radical (unpaired) electrons. The molecule has 0 fully saturated rings. The number of aromatic nitrogens is 2. The molecular formula is C25H29ClN4O2. The Balaban J connectivity index is 1.71. The highest BCUT2D eigenvalue weighted by Gasteiger charge is 2.24. The number of carbonyl (C=O) groups is 2. The molecule has 3 aromatic rings. The van der Waals surface area contributed by atoms with E-state index in [1.54, 1.807) is 13.0 Å². The van der Waals surface area contributed by atoms with Crippen LogP contribution in [0.5, 0.6) is 0 Å². The van der Waals surface area contributed by atoms with Gasteiger partial charge in [0, 0.05) is 44.3 Å². The van der Waals surface area contributed by atoms with E-state index in [0.29, 0.717) is 36.0 Å². The van der Waals surface area contributed by atoms with Crippen LogP contribution < -0.4 is 4.90 Å². The van der Waals surface area contributed by atoms with E-state index in [0.717, 1.165) is 48.9 Å². The normalized spacial score (nSPS) is 15.7. The first-order valence-electron chi connectivity index (χ1n) is 11.2. The molecule has 6 nitrogen and oxygen atoms in total. The Morgan fingerprint density at radius 2 is 1.69 bits per heavy atom. The van der Waals surface area contributed by atoms with Crippen molar-refractivity contribution in [3.63, 3.8) is 0 Å². The number of hydrogen-bond donors (Lipinski definition) is 0. The third kappa shape index (κ3) is 4.65. The summed E-state index contributed by atoms with van der Waals surface area (Å²) in [5, 5.41) is 0.596. The molecule has 0 saturated heterocycles. The van der Waals surface area contributed by atoms with E-state index in [1.807, 2.05) is 57.8 Å². The van der Waals surface area contributed by atoms with Gasteiger partial charge in [-0.3, -0.25) is 9.59 Å². The van der Waals surface area contributed by atoms with E-state index in [2.05, 4.69) is 4.98 Å². The molecule has 0 N–H and O–H groups in total. The summed E-state index contributed by atoms with van der Waals surface area (Å²) in [5.41, 5.74) is 3.43. The Morgan fingerprint density at radius 1 is 0.969 bits per heavy atom. The lowest BCUT2D eigenvalue weighted by atomic mass is 10.1. The quantitative estimate of drug-likeness (QED) is 0.510. The van der Waals surface area contributed by atoms with Crippen LogP contribution in [0.2, 0.25) is 5.02 Å². The Hall–Kier alpha value is -2.86. The van der Waals surface area contributed by atoms with Gasteiger partial charge < -0.3 is 14.4 Å². The second kappa shape index (κ2) is 9.74. The molecule has 168 valence electrons. The maximum absolute atomic E-state index is 13.6. The first-order chi connectivity index (χ1) is 15.5. The Labute approximate surface area is 193 Å². The summed E-state index contributed by atoms with van der Waals surface area (Å²) in [4.78, 5) is 34.4. The smallest absolute Gasteiger partial charge is 0.290 e. The highest BCUT2D eigenvalue weighted by Crippen LogP contribution is 2.26. The van der Waals surface area contributed by atoms with Gasteiger partial charge in [-0.2, -0.15) is 0 Å². The van der Waals surface area contributed by atoms with Crippen molar-refractivity contribution in [2.24, 2.45) is 7.05 Å². The highest BCUT2D eigenvalue weighted by atomic mass is 35.5. The molecule has 4 rings (SSSR count). The van der Waals surface area contributed by atoms with E-state index >= 15 is 0 Å². The Kier molecular flexibility index (Phi) is 6.80. The molecule has 2 amide bonds. The third-order valence-corrected chi connectivity index (χ3v) is 6.39. The van der Waals surface area contributed by atoms with E-state index < -0.39 is 0 Å². The summed E-state index contributed by atoms with van der Waals surface area (Å²) >= 11 is 6.13. The van der Waals surface area contributed by atoms with Crippen LogP contribution in [0.4, 0.5) is 5.69 Å². The number of aryl methyl sites for hydroxylation is 1. The molecule has 0 saturated carbocycles. The topological polar surface area (TPSA) is 58.4 Å². The van der Waals surface area contributed by atoms with Gasteiger partial charge in [-0.1, -0.05) is 49.1 Å². The number of nitrogens with zero attached hydrogens (tertiary/aromatic N) is 4. The first-order valence-corrected chi connectivity index (χ1v) is 11.6. The lowest BCUT2D eigenvalue weighted by Gasteiger charge is -2.28. The van der Waals surface area contributed by atoms with Crippen LogP contribution in [0.25, 0.3) is 11.0 Å². The molecule has 0 aliphatic carbocycles. The van der Waals surface area contributed by atoms with Crippen LogP contribution in [0.1, 0.15) is 55.2 Å². The lowest BCUT2D eigenvalue weighted by molar-refractivity contribution is -0.116. The maximum Gasteiger partial charge on any atom is 0.290 e. The van der Waals surface area contributed by atoms with Crippen molar-refractivity contribution in [3.8, 4) is 0 Å². The molecule has 0 atom stereocenters. The van der Waals surface area contributed by atoms with Crippen molar-refractivity contribution >= 4 is 40.1 Å². The van der Waals surface area contributed by atoms with Crippen molar-refractivity contribution in [2.45, 2.75) is 45.6 Å². The Bertz CT molecular complexity index is 1140. The van der Waals surface area contributed by atoms with Gasteiger partial charge in [-0.05, 0) is 42.7 Å². The lowest BCUT2D eigenvalue weighted by Crippen LogP contribution is -2.35. The molecule has 2 aromatic carbocycles. The number of amides is 2. The van der Waals surface area contributed by atoms with Gasteiger partial charge in [0.25, 0.3) is 5.91 Å². The molecule has 0 unspecified atom stereocenters. The summed E-state index contributed by atoms with van der Waals surface area (Å²) < 4.78 is 1.83. The zero-order chi connectivity index (χ0) is 22.7. The summed E-state index contributed by atoms with van der Waals surface area (Å²) in [6.45, 7) is 3.39. The van der Waals surface area contributed by atoms with E-state index in [9.17, 15) is 9.59 Å². The molecule has 32 heavy (non-hydrogen) atoms. The van der Waals surface area contributed by atoms with Crippen LogP contribution in [0.15, 0.2) is 42.5 Å². The van der Waals surface area contributed by atoms with Gasteiger partial charge in [0.2, 0.25) is 5.91 Å². The monoisotopic (exact) mass is 452 g/mol. The summed E-state index contributed by atoms with van der Waals surface area (Å²) in [7, 11) is 1.86. The van der Waals surface area contributed by atoms with Gasteiger partial charge in [-0.25, -0.2) is 4.98 Å². The molecule has 0 bridgehead atoms. The minimum atomic E-state index is -0.110. The molecule has 7 heteroatoms. The molecule has 1 aromatic heterocycles. The fourth-order valence-electron chi connectivity index (χ4n) is 4.42. The number of anilines is 1. The number of halogens is 1. The molecule has 1 aliphatic heterocycles. The maximum atomic E-state index is 13.6. The second-order valence-corrected chi connectivity index (χ2v) is 8.86. The van der Waals surface area contributed by atoms with Crippen molar-refractivity contribution in [3.05, 3.63) is 58.9 Å². The van der Waals surface area contributed by atoms with Crippen molar-refractivity contribution in [1.82, 2.24) is 14.5 Å². The predicted octanol–water partition coefficient (Wildman–Crippen LogP) is 5.19. The summed E-state index contributed by atoms with van der Waals surface area (Å²) in [6, 6.07) is 13.4. The molecule has 0 spiro atoms. The van der Waals surface area contributed by atoms with E-state index in [4.69, 9.17) is 11.6 Å². The standard InChI is InChI=1S/C25H29ClN4O2/c1-18(31)30-15-9-5-3-4-8-14-29(17-19-10-6-7-11-22(19)30)25(32)24-27-21-16-20(26)12-13-23(21)28(24)2/h6-7,10-13,16H,3-5,8-9,14-15,17H2,1-2H3. The van der Waals surface area contributed by atoms with Crippen LogP contribution in [0.3, 0.4) is 0 Å². The van der Waals surface area contributed by atoms with Crippen molar-refractivity contribution < 1.29 is 9.59 Å². The highest BCUT2D eigenvalue weighted by molar-refractivity contribution is 6.31. The van der Waals surface area contributed by atoms with Crippen LogP contribution in [0, 0.1) is 0 Å². The number of hydrogen-bond acceptors (Lipinski definition) is 3. The fourth-order valence-corrected chi connectivity index (χ4v) is 4.59. The van der Waals surface area contributed by atoms with Crippen LogP contribution >= 0.6 is 11.6 Å². The zero-order valence-electron chi connectivity index (χ0n) is 18.7. The number of para-hydroxylation sites is 1. The van der Waals surface area contributed by atoms with Crippen molar-refractivity contribution in [1.29, 1.82) is 0 Å². The van der Waals surface area contributed by atoms with Gasteiger partial charge in [0.15, 0.2) is 5.82 Å². The number of fused-ring (bicyclic) bond motifs is 2. The van der Waals surface area contributed by atoms with Gasteiger partial charge in [0.1, 0.15) is 0 Å².